The normalized spacial score (nSPS) is 22.2. The zero-order chi connectivity index (χ0) is 25.8. The Morgan fingerprint density at radius 1 is 1.00 bits per heavy atom. The molecular formula is C27H27Cl2N7O. The maximum atomic E-state index is 13.9. The number of hydrogen-bond acceptors (Lipinski definition) is 7. The number of carbonyl (C=O) groups excluding carboxylic acids is 1. The van der Waals surface area contributed by atoms with E-state index in [9.17, 15) is 4.79 Å². The lowest BCUT2D eigenvalue weighted by atomic mass is 9.90. The van der Waals surface area contributed by atoms with Crippen molar-refractivity contribution >= 4 is 34.9 Å². The summed E-state index contributed by atoms with van der Waals surface area (Å²) in [6.07, 6.45) is 3.46. The summed E-state index contributed by atoms with van der Waals surface area (Å²) in [5, 5.41) is 22.1. The number of aromatic nitrogens is 3. The Labute approximate surface area is 226 Å². The first-order chi connectivity index (χ1) is 18.0. The van der Waals surface area contributed by atoms with Gasteiger partial charge >= 0.3 is 0 Å². The Morgan fingerprint density at radius 3 is 2.51 bits per heavy atom. The summed E-state index contributed by atoms with van der Waals surface area (Å²) in [7, 11) is 0. The summed E-state index contributed by atoms with van der Waals surface area (Å²) < 4.78 is 0. The summed E-state index contributed by atoms with van der Waals surface area (Å²) in [6.45, 7) is 3.14. The second kappa shape index (κ2) is 11.4. The Kier molecular flexibility index (Phi) is 7.85. The van der Waals surface area contributed by atoms with Crippen molar-refractivity contribution in [1.82, 2.24) is 25.4 Å². The van der Waals surface area contributed by atoms with E-state index < -0.39 is 0 Å². The fraction of sp³-hybridized carbons (Fsp3) is 0.370. The Morgan fingerprint density at radius 2 is 1.81 bits per heavy atom. The molecular weight excluding hydrogens is 509 g/mol. The molecule has 0 aliphatic carbocycles. The van der Waals surface area contributed by atoms with Gasteiger partial charge in [-0.15, -0.1) is 10.2 Å². The maximum absolute atomic E-state index is 13.9. The standard InChI is InChI=1S/C27H27Cl2N7O/c28-19-5-3-18(4-6-19)24-2-1-12-35(13-11-31-24)27(37)23-17-36(26-10-8-21(14-30)33-34-26)16-22(23)25-9-7-20(29)15-32-25/h3-10,15,22-24,31H,1-2,11-13,16-17H2/t22-,23-,24+/m1/s1. The average molecular weight is 536 g/mol. The lowest BCUT2D eigenvalue weighted by Crippen LogP contribution is -2.45. The highest BCUT2D eigenvalue weighted by atomic mass is 35.5. The van der Waals surface area contributed by atoms with Crippen LogP contribution >= 0.6 is 23.2 Å². The molecule has 0 spiro atoms. The number of nitrogens with zero attached hydrogens (tertiary/aromatic N) is 6. The molecule has 3 atom stereocenters. The van der Waals surface area contributed by atoms with Crippen LogP contribution in [-0.2, 0) is 4.79 Å². The average Bonchev–Trinajstić information content (AvgIpc) is 3.35. The number of benzene rings is 1. The summed E-state index contributed by atoms with van der Waals surface area (Å²) in [5.41, 5.74) is 2.31. The van der Waals surface area contributed by atoms with Crippen LogP contribution in [-0.4, -0.2) is 58.7 Å². The van der Waals surface area contributed by atoms with Gasteiger partial charge in [0.1, 0.15) is 6.07 Å². The van der Waals surface area contributed by atoms with Crippen LogP contribution < -0.4 is 10.2 Å². The van der Waals surface area contributed by atoms with E-state index in [-0.39, 0.29) is 29.5 Å². The summed E-state index contributed by atoms with van der Waals surface area (Å²) in [6, 6.07) is 17.3. The fourth-order valence-electron chi connectivity index (χ4n) is 5.21. The molecule has 1 amide bonds. The Hall–Kier alpha value is -3.25. The minimum atomic E-state index is -0.280. The van der Waals surface area contributed by atoms with Gasteiger partial charge in [-0.3, -0.25) is 9.78 Å². The monoisotopic (exact) mass is 535 g/mol. The van der Waals surface area contributed by atoms with E-state index in [1.165, 1.54) is 5.56 Å². The molecule has 4 heterocycles. The third-order valence-corrected chi connectivity index (χ3v) is 7.61. The molecule has 3 aromatic rings. The van der Waals surface area contributed by atoms with Crippen LogP contribution in [0.2, 0.25) is 10.0 Å². The molecule has 2 saturated heterocycles. The van der Waals surface area contributed by atoms with Gasteiger partial charge in [0, 0.05) is 61.6 Å². The molecule has 2 aliphatic rings. The lowest BCUT2D eigenvalue weighted by molar-refractivity contribution is -0.135. The van der Waals surface area contributed by atoms with Crippen LogP contribution in [0.1, 0.15) is 41.8 Å². The van der Waals surface area contributed by atoms with Crippen LogP contribution in [0, 0.1) is 17.2 Å². The van der Waals surface area contributed by atoms with Crippen molar-refractivity contribution in [1.29, 1.82) is 5.26 Å². The second-order valence-electron chi connectivity index (χ2n) is 9.43. The van der Waals surface area contributed by atoms with Gasteiger partial charge in [-0.1, -0.05) is 35.3 Å². The van der Waals surface area contributed by atoms with Crippen LogP contribution in [0.5, 0.6) is 0 Å². The smallest absolute Gasteiger partial charge is 0.228 e. The Bertz CT molecular complexity index is 1250. The number of halogens is 2. The Balaban J connectivity index is 1.31. The molecule has 1 aromatic carbocycles. The predicted octanol–water partition coefficient (Wildman–Crippen LogP) is 4.22. The first-order valence-electron chi connectivity index (χ1n) is 12.4. The number of nitrogens with one attached hydrogen (secondary N) is 1. The van der Waals surface area contributed by atoms with Crippen molar-refractivity contribution in [2.45, 2.75) is 24.8 Å². The number of hydrogen-bond donors (Lipinski definition) is 1. The van der Waals surface area contributed by atoms with Crippen molar-refractivity contribution in [2.75, 3.05) is 37.6 Å². The molecule has 10 heteroatoms. The quantitative estimate of drug-likeness (QED) is 0.533. The zero-order valence-electron chi connectivity index (χ0n) is 20.2. The van der Waals surface area contributed by atoms with E-state index in [1.807, 2.05) is 35.2 Å². The van der Waals surface area contributed by atoms with Crippen molar-refractivity contribution < 1.29 is 4.79 Å². The molecule has 190 valence electrons. The molecule has 2 aromatic heterocycles. The van der Waals surface area contributed by atoms with E-state index in [4.69, 9.17) is 28.5 Å². The summed E-state index contributed by atoms with van der Waals surface area (Å²) in [4.78, 5) is 22.5. The molecule has 5 rings (SSSR count). The first-order valence-corrected chi connectivity index (χ1v) is 13.2. The predicted molar refractivity (Wildman–Crippen MR) is 142 cm³/mol. The third-order valence-electron chi connectivity index (χ3n) is 7.13. The van der Waals surface area contributed by atoms with Gasteiger partial charge in [0.2, 0.25) is 5.91 Å². The molecule has 0 unspecified atom stereocenters. The third kappa shape index (κ3) is 5.85. The number of anilines is 1. The van der Waals surface area contributed by atoms with Gasteiger partial charge in [-0.2, -0.15) is 5.26 Å². The van der Waals surface area contributed by atoms with Gasteiger partial charge < -0.3 is 15.1 Å². The molecule has 2 fully saturated rings. The maximum Gasteiger partial charge on any atom is 0.228 e. The van der Waals surface area contributed by atoms with Crippen LogP contribution in [0.15, 0.2) is 54.7 Å². The van der Waals surface area contributed by atoms with Crippen molar-refractivity contribution in [2.24, 2.45) is 5.92 Å². The van der Waals surface area contributed by atoms with Gasteiger partial charge in [0.15, 0.2) is 11.5 Å². The zero-order valence-corrected chi connectivity index (χ0v) is 21.7. The minimum absolute atomic E-state index is 0.109. The molecule has 0 saturated carbocycles. The van der Waals surface area contributed by atoms with Gasteiger partial charge in [-0.25, -0.2) is 0 Å². The number of nitriles is 1. The van der Waals surface area contributed by atoms with Crippen molar-refractivity contribution in [3.05, 3.63) is 81.7 Å². The summed E-state index contributed by atoms with van der Waals surface area (Å²) >= 11 is 12.1. The lowest BCUT2D eigenvalue weighted by Gasteiger charge is -2.32. The highest BCUT2D eigenvalue weighted by Crippen LogP contribution is 2.36. The molecule has 0 radical (unpaired) electrons. The van der Waals surface area contributed by atoms with Gasteiger partial charge in [-0.05, 0) is 54.8 Å². The number of pyridine rings is 1. The fourth-order valence-corrected chi connectivity index (χ4v) is 5.45. The molecule has 2 aliphatic heterocycles. The van der Waals surface area contributed by atoms with Crippen LogP contribution in [0.4, 0.5) is 5.82 Å². The molecule has 37 heavy (non-hydrogen) atoms. The van der Waals surface area contributed by atoms with Crippen LogP contribution in [0.25, 0.3) is 0 Å². The van der Waals surface area contributed by atoms with Gasteiger partial charge in [0.25, 0.3) is 0 Å². The number of amides is 1. The SMILES string of the molecule is N#Cc1ccc(N2C[C@@H](C(=O)N3CCC[C@@H](c4ccc(Cl)cc4)NCC3)[C@H](c3ccc(Cl)cn3)C2)nn1. The minimum Gasteiger partial charge on any atom is -0.354 e. The number of carbonyl (C=O) groups is 1. The topological polar surface area (TPSA) is 98.0 Å². The number of rotatable bonds is 4. The largest absolute Gasteiger partial charge is 0.354 e. The molecule has 1 N–H and O–H groups in total. The highest BCUT2D eigenvalue weighted by Gasteiger charge is 2.41. The van der Waals surface area contributed by atoms with Crippen molar-refractivity contribution in [3.63, 3.8) is 0 Å². The summed E-state index contributed by atoms with van der Waals surface area (Å²) in [5.74, 6) is 0.381. The molecule has 8 nitrogen and oxygen atoms in total. The highest BCUT2D eigenvalue weighted by molar-refractivity contribution is 6.30. The first kappa shape index (κ1) is 25.4. The van der Waals surface area contributed by atoms with E-state index in [1.54, 1.807) is 18.3 Å². The van der Waals surface area contributed by atoms with E-state index in [2.05, 4.69) is 37.5 Å². The van der Waals surface area contributed by atoms with Gasteiger partial charge in [0.05, 0.1) is 10.9 Å². The van der Waals surface area contributed by atoms with E-state index in [0.29, 0.717) is 43.6 Å². The van der Waals surface area contributed by atoms with Crippen molar-refractivity contribution in [3.8, 4) is 6.07 Å². The van der Waals surface area contributed by atoms with E-state index in [0.717, 1.165) is 23.6 Å². The van der Waals surface area contributed by atoms with Crippen LogP contribution in [0.3, 0.4) is 0 Å². The molecule has 0 bridgehead atoms. The van der Waals surface area contributed by atoms with E-state index >= 15 is 0 Å². The second-order valence-corrected chi connectivity index (χ2v) is 10.3.